The van der Waals surface area contributed by atoms with Gasteiger partial charge in [0.2, 0.25) is 0 Å². The van der Waals surface area contributed by atoms with Crippen LogP contribution in [0, 0.1) is 25.7 Å². The van der Waals surface area contributed by atoms with Gasteiger partial charge in [0.25, 0.3) is 0 Å². The van der Waals surface area contributed by atoms with Gasteiger partial charge in [-0.15, -0.1) is 0 Å². The van der Waals surface area contributed by atoms with Crippen LogP contribution in [0.1, 0.15) is 50.2 Å². The Labute approximate surface area is 138 Å². The Morgan fingerprint density at radius 1 is 1.00 bits per heavy atom. The minimum absolute atomic E-state index is 0.256. The maximum absolute atomic E-state index is 12.5. The van der Waals surface area contributed by atoms with Gasteiger partial charge in [-0.25, -0.2) is 0 Å². The molecule has 23 heavy (non-hydrogen) atoms. The van der Waals surface area contributed by atoms with E-state index in [9.17, 15) is 9.59 Å². The van der Waals surface area contributed by atoms with Crippen LogP contribution in [0.25, 0.3) is 0 Å². The fourth-order valence-corrected chi connectivity index (χ4v) is 3.19. The van der Waals surface area contributed by atoms with Gasteiger partial charge in [0, 0.05) is 0 Å². The van der Waals surface area contributed by atoms with E-state index in [1.54, 1.807) is 0 Å². The Hall–Kier alpha value is -1.84. The largest absolute Gasteiger partial charge is 0.465 e. The number of rotatable bonds is 5. The minimum atomic E-state index is -0.395. The van der Waals surface area contributed by atoms with Gasteiger partial charge in [0.05, 0.1) is 18.4 Å². The quantitative estimate of drug-likeness (QED) is 0.609. The van der Waals surface area contributed by atoms with E-state index in [-0.39, 0.29) is 17.9 Å². The Bertz CT molecular complexity index is 544. The summed E-state index contributed by atoms with van der Waals surface area (Å²) in [5, 5.41) is 0. The summed E-state index contributed by atoms with van der Waals surface area (Å²) >= 11 is 0. The van der Waals surface area contributed by atoms with E-state index in [1.807, 2.05) is 39.0 Å². The second-order valence-corrected chi connectivity index (χ2v) is 6.41. The molecule has 4 nitrogen and oxygen atoms in total. The van der Waals surface area contributed by atoms with Crippen LogP contribution in [0.2, 0.25) is 0 Å². The van der Waals surface area contributed by atoms with Crippen LogP contribution >= 0.6 is 0 Å². The van der Waals surface area contributed by atoms with Crippen molar-refractivity contribution in [2.75, 3.05) is 6.61 Å². The van der Waals surface area contributed by atoms with Gasteiger partial charge < -0.3 is 9.47 Å². The lowest BCUT2D eigenvalue weighted by atomic mass is 9.79. The van der Waals surface area contributed by atoms with E-state index in [2.05, 4.69) is 0 Å². The molecule has 0 radical (unpaired) electrons. The van der Waals surface area contributed by atoms with Crippen molar-refractivity contribution in [2.24, 2.45) is 11.8 Å². The highest BCUT2D eigenvalue weighted by atomic mass is 16.5. The molecular formula is C19H26O4. The molecule has 1 fully saturated rings. The molecule has 0 aromatic heterocycles. The SMILES string of the molecule is CCCOC(=O)C1CCCCC1C(=O)Oc1cc(C)cc(C)c1. The summed E-state index contributed by atoms with van der Waals surface area (Å²) in [5.74, 6) is -0.775. The second kappa shape index (κ2) is 8.14. The molecule has 2 atom stereocenters. The lowest BCUT2D eigenvalue weighted by Crippen LogP contribution is -2.36. The molecule has 1 aromatic rings. The molecule has 4 heteroatoms. The highest BCUT2D eigenvalue weighted by Gasteiger charge is 2.38. The van der Waals surface area contributed by atoms with Crippen molar-refractivity contribution in [3.05, 3.63) is 29.3 Å². The number of esters is 2. The molecule has 0 aliphatic heterocycles. The molecule has 0 heterocycles. The van der Waals surface area contributed by atoms with Gasteiger partial charge in [-0.3, -0.25) is 9.59 Å². The lowest BCUT2D eigenvalue weighted by molar-refractivity contribution is -0.158. The summed E-state index contributed by atoms with van der Waals surface area (Å²) in [6.45, 7) is 6.31. The first-order valence-corrected chi connectivity index (χ1v) is 8.48. The molecule has 0 bridgehead atoms. The number of hydrogen-bond acceptors (Lipinski definition) is 4. The molecule has 0 amide bonds. The third kappa shape index (κ3) is 4.81. The van der Waals surface area contributed by atoms with Crippen molar-refractivity contribution in [2.45, 2.75) is 52.9 Å². The molecule has 0 saturated heterocycles. The molecule has 1 aromatic carbocycles. The summed E-state index contributed by atoms with van der Waals surface area (Å²) in [6.07, 6.45) is 4.09. The highest BCUT2D eigenvalue weighted by molar-refractivity contribution is 5.83. The fraction of sp³-hybridized carbons (Fsp3) is 0.579. The zero-order chi connectivity index (χ0) is 16.8. The van der Waals surface area contributed by atoms with Crippen molar-refractivity contribution in [3.63, 3.8) is 0 Å². The summed E-state index contributed by atoms with van der Waals surface area (Å²) in [6, 6.07) is 5.72. The number of carbonyl (C=O) groups is 2. The van der Waals surface area contributed by atoms with Crippen molar-refractivity contribution in [1.29, 1.82) is 0 Å². The summed E-state index contributed by atoms with van der Waals surface area (Å²) in [4.78, 5) is 24.8. The normalized spacial score (nSPS) is 20.8. The topological polar surface area (TPSA) is 52.6 Å². The predicted octanol–water partition coefficient (Wildman–Crippen LogP) is 3.97. The monoisotopic (exact) mass is 318 g/mol. The first-order chi connectivity index (χ1) is 11.0. The molecule has 1 saturated carbocycles. The molecule has 0 spiro atoms. The van der Waals surface area contributed by atoms with Gasteiger partial charge in [0.15, 0.2) is 0 Å². The maximum atomic E-state index is 12.5. The average molecular weight is 318 g/mol. The standard InChI is InChI=1S/C19H26O4/c1-4-9-22-18(20)16-7-5-6-8-17(16)19(21)23-15-11-13(2)10-14(3)12-15/h10-12,16-17H,4-9H2,1-3H3. The first-order valence-electron chi connectivity index (χ1n) is 8.48. The molecule has 2 rings (SSSR count). The molecular weight excluding hydrogens is 292 g/mol. The zero-order valence-corrected chi connectivity index (χ0v) is 14.3. The van der Waals surface area contributed by atoms with E-state index in [0.717, 1.165) is 30.4 Å². The van der Waals surface area contributed by atoms with Gasteiger partial charge in [-0.05, 0) is 56.4 Å². The Balaban J connectivity index is 2.07. The second-order valence-electron chi connectivity index (χ2n) is 6.41. The van der Waals surface area contributed by atoms with E-state index in [1.165, 1.54) is 0 Å². The highest BCUT2D eigenvalue weighted by Crippen LogP contribution is 2.32. The third-order valence-electron chi connectivity index (χ3n) is 4.23. The maximum Gasteiger partial charge on any atom is 0.315 e. The minimum Gasteiger partial charge on any atom is -0.465 e. The van der Waals surface area contributed by atoms with E-state index < -0.39 is 5.92 Å². The van der Waals surface area contributed by atoms with Crippen molar-refractivity contribution in [3.8, 4) is 5.75 Å². The molecule has 1 aliphatic carbocycles. The van der Waals surface area contributed by atoms with Crippen molar-refractivity contribution in [1.82, 2.24) is 0 Å². The smallest absolute Gasteiger partial charge is 0.315 e. The Kier molecular flexibility index (Phi) is 6.20. The zero-order valence-electron chi connectivity index (χ0n) is 14.3. The lowest BCUT2D eigenvalue weighted by Gasteiger charge is -2.28. The number of carbonyl (C=O) groups excluding carboxylic acids is 2. The van der Waals surface area contributed by atoms with Crippen LogP contribution in [0.4, 0.5) is 0 Å². The molecule has 2 unspecified atom stereocenters. The van der Waals surface area contributed by atoms with Crippen LogP contribution in [0.3, 0.4) is 0 Å². The summed E-state index contributed by atoms with van der Waals surface area (Å²) in [7, 11) is 0. The van der Waals surface area contributed by atoms with E-state index in [4.69, 9.17) is 9.47 Å². The van der Waals surface area contributed by atoms with Crippen LogP contribution in [-0.2, 0) is 14.3 Å². The third-order valence-corrected chi connectivity index (χ3v) is 4.23. The van der Waals surface area contributed by atoms with Gasteiger partial charge >= 0.3 is 11.9 Å². The first kappa shape index (κ1) is 17.5. The van der Waals surface area contributed by atoms with Crippen molar-refractivity contribution >= 4 is 11.9 Å². The number of hydrogen-bond donors (Lipinski definition) is 0. The Morgan fingerprint density at radius 2 is 1.57 bits per heavy atom. The van der Waals surface area contributed by atoms with E-state index in [0.29, 0.717) is 25.2 Å². The van der Waals surface area contributed by atoms with Gasteiger partial charge in [-0.1, -0.05) is 25.8 Å². The Morgan fingerprint density at radius 3 is 2.13 bits per heavy atom. The number of ether oxygens (including phenoxy) is 2. The average Bonchev–Trinajstić information content (AvgIpc) is 2.51. The van der Waals surface area contributed by atoms with Crippen LogP contribution < -0.4 is 4.74 Å². The van der Waals surface area contributed by atoms with Gasteiger partial charge in [-0.2, -0.15) is 0 Å². The van der Waals surface area contributed by atoms with Gasteiger partial charge in [0.1, 0.15) is 5.75 Å². The van der Waals surface area contributed by atoms with E-state index >= 15 is 0 Å². The predicted molar refractivity (Wildman–Crippen MR) is 88.2 cm³/mol. The molecule has 126 valence electrons. The number of aryl methyl sites for hydroxylation is 2. The molecule has 1 aliphatic rings. The van der Waals surface area contributed by atoms with Crippen molar-refractivity contribution < 1.29 is 19.1 Å². The summed E-state index contributed by atoms with van der Waals surface area (Å²) in [5.41, 5.74) is 2.10. The summed E-state index contributed by atoms with van der Waals surface area (Å²) < 4.78 is 10.8. The number of benzene rings is 1. The fourth-order valence-electron chi connectivity index (χ4n) is 3.19. The van der Waals surface area contributed by atoms with Crippen LogP contribution in [0.5, 0.6) is 5.75 Å². The van der Waals surface area contributed by atoms with Crippen LogP contribution in [0.15, 0.2) is 18.2 Å². The van der Waals surface area contributed by atoms with Crippen LogP contribution in [-0.4, -0.2) is 18.5 Å². The molecule has 0 N–H and O–H groups in total.